The monoisotopic (exact) mass is 290 g/mol. The first-order valence-corrected chi connectivity index (χ1v) is 7.58. The summed E-state index contributed by atoms with van der Waals surface area (Å²) in [5.41, 5.74) is 1.11. The number of nitrogens with one attached hydrogen (secondary N) is 1. The van der Waals surface area contributed by atoms with E-state index in [2.05, 4.69) is 17.1 Å². The van der Waals surface area contributed by atoms with Crippen LogP contribution in [0.2, 0.25) is 0 Å². The van der Waals surface area contributed by atoms with E-state index in [1.807, 2.05) is 24.3 Å². The highest BCUT2D eigenvalue weighted by Crippen LogP contribution is 2.28. The number of nitrogens with zero attached hydrogens (tertiary/aromatic N) is 1. The van der Waals surface area contributed by atoms with E-state index in [9.17, 15) is 4.79 Å². The van der Waals surface area contributed by atoms with Gasteiger partial charge in [-0.05, 0) is 18.6 Å². The normalized spacial score (nSPS) is 23.2. The summed E-state index contributed by atoms with van der Waals surface area (Å²) in [6.45, 7) is 6.20. The van der Waals surface area contributed by atoms with Crippen molar-refractivity contribution in [3.8, 4) is 5.75 Å². The van der Waals surface area contributed by atoms with Gasteiger partial charge in [-0.15, -0.1) is 0 Å². The average molecular weight is 290 g/mol. The number of amides is 1. The Labute approximate surface area is 125 Å². The molecule has 2 atom stereocenters. The summed E-state index contributed by atoms with van der Waals surface area (Å²) in [5.74, 6) is 0.810. The van der Waals surface area contributed by atoms with Gasteiger partial charge in [0.25, 0.3) is 5.91 Å². The van der Waals surface area contributed by atoms with Crippen molar-refractivity contribution in [3.63, 3.8) is 0 Å². The lowest BCUT2D eigenvalue weighted by atomic mass is 10.1. The summed E-state index contributed by atoms with van der Waals surface area (Å²) >= 11 is 0. The van der Waals surface area contributed by atoms with Crippen LogP contribution in [0.3, 0.4) is 0 Å². The van der Waals surface area contributed by atoms with E-state index in [1.54, 1.807) is 0 Å². The largest absolute Gasteiger partial charge is 0.480 e. The molecule has 0 saturated carbocycles. The highest BCUT2D eigenvalue weighted by atomic mass is 16.5. The van der Waals surface area contributed by atoms with Gasteiger partial charge in [0.05, 0.1) is 13.2 Å². The van der Waals surface area contributed by atoms with E-state index in [4.69, 9.17) is 9.47 Å². The summed E-state index contributed by atoms with van der Waals surface area (Å²) in [6.07, 6.45) is 0.271. The number of morpholine rings is 1. The molecule has 1 N–H and O–H groups in total. The van der Waals surface area contributed by atoms with Gasteiger partial charge in [0.15, 0.2) is 6.10 Å². The number of carbonyl (C=O) groups is 1. The molecule has 21 heavy (non-hydrogen) atoms. The molecule has 114 valence electrons. The van der Waals surface area contributed by atoms with Crippen LogP contribution in [0.5, 0.6) is 5.75 Å². The van der Waals surface area contributed by atoms with E-state index in [-0.39, 0.29) is 12.0 Å². The summed E-state index contributed by atoms with van der Waals surface area (Å²) in [5, 5.41) is 3.01. The molecule has 5 nitrogen and oxygen atoms in total. The Morgan fingerprint density at radius 3 is 2.90 bits per heavy atom. The van der Waals surface area contributed by atoms with Gasteiger partial charge in [0, 0.05) is 32.1 Å². The summed E-state index contributed by atoms with van der Waals surface area (Å²) < 4.78 is 11.0. The fourth-order valence-corrected chi connectivity index (χ4v) is 2.84. The van der Waals surface area contributed by atoms with Crippen LogP contribution >= 0.6 is 0 Å². The predicted octanol–water partition coefficient (Wildman–Crippen LogP) is 0.827. The van der Waals surface area contributed by atoms with Crippen molar-refractivity contribution in [1.82, 2.24) is 10.2 Å². The number of hydrogen-bond acceptors (Lipinski definition) is 4. The van der Waals surface area contributed by atoms with Gasteiger partial charge in [-0.3, -0.25) is 9.69 Å². The number of rotatable bonds is 4. The molecule has 0 bridgehead atoms. The minimum Gasteiger partial charge on any atom is -0.480 e. The van der Waals surface area contributed by atoms with Crippen LogP contribution in [0, 0.1) is 0 Å². The van der Waals surface area contributed by atoms with Crippen LogP contribution in [0.25, 0.3) is 0 Å². The summed E-state index contributed by atoms with van der Waals surface area (Å²) in [7, 11) is 0. The van der Waals surface area contributed by atoms with Crippen molar-refractivity contribution in [2.24, 2.45) is 0 Å². The zero-order valence-electron chi connectivity index (χ0n) is 12.4. The van der Waals surface area contributed by atoms with Crippen LogP contribution in [-0.2, 0) is 16.0 Å². The first-order chi connectivity index (χ1) is 10.2. The fraction of sp³-hybridized carbons (Fsp3) is 0.562. The highest BCUT2D eigenvalue weighted by Gasteiger charge is 2.29. The molecule has 1 fully saturated rings. The van der Waals surface area contributed by atoms with Crippen LogP contribution < -0.4 is 10.1 Å². The van der Waals surface area contributed by atoms with Crippen LogP contribution in [0.1, 0.15) is 12.5 Å². The molecule has 1 aromatic rings. The Morgan fingerprint density at radius 1 is 1.38 bits per heavy atom. The number of benzene rings is 1. The second-order valence-corrected chi connectivity index (χ2v) is 5.66. The Bertz CT molecular complexity index is 475. The Morgan fingerprint density at radius 2 is 2.14 bits per heavy atom. The third kappa shape index (κ3) is 3.36. The third-order valence-electron chi connectivity index (χ3n) is 4.18. The van der Waals surface area contributed by atoms with E-state index < -0.39 is 0 Å². The minimum atomic E-state index is -0.390. The van der Waals surface area contributed by atoms with Crippen molar-refractivity contribution in [1.29, 1.82) is 0 Å². The molecule has 2 aliphatic heterocycles. The van der Waals surface area contributed by atoms with Crippen molar-refractivity contribution in [2.75, 3.05) is 32.8 Å². The quantitative estimate of drug-likeness (QED) is 0.892. The molecule has 2 aliphatic rings. The van der Waals surface area contributed by atoms with Crippen molar-refractivity contribution in [3.05, 3.63) is 29.8 Å². The Kier molecular flexibility index (Phi) is 4.41. The van der Waals surface area contributed by atoms with Gasteiger partial charge >= 0.3 is 0 Å². The zero-order chi connectivity index (χ0) is 14.7. The molecule has 0 radical (unpaired) electrons. The standard InChI is InChI=1S/C16H22N2O3/c1-12(18-6-8-20-9-7-18)11-17-16(19)15-10-13-4-2-3-5-14(13)21-15/h2-5,12,15H,6-11H2,1H3,(H,17,19). The first kappa shape index (κ1) is 14.4. The van der Waals surface area contributed by atoms with Gasteiger partial charge < -0.3 is 14.8 Å². The summed E-state index contributed by atoms with van der Waals surface area (Å²) in [4.78, 5) is 14.6. The Balaban J connectivity index is 1.47. The number of ether oxygens (including phenoxy) is 2. The topological polar surface area (TPSA) is 50.8 Å². The molecule has 0 aromatic heterocycles. The van der Waals surface area contributed by atoms with E-state index in [0.29, 0.717) is 19.0 Å². The van der Waals surface area contributed by atoms with Gasteiger partial charge in [-0.2, -0.15) is 0 Å². The molecule has 5 heteroatoms. The smallest absolute Gasteiger partial charge is 0.261 e. The molecular weight excluding hydrogens is 268 g/mol. The second kappa shape index (κ2) is 6.45. The van der Waals surface area contributed by atoms with E-state index in [0.717, 1.165) is 37.6 Å². The van der Waals surface area contributed by atoms with Crippen LogP contribution in [-0.4, -0.2) is 55.8 Å². The molecule has 0 aliphatic carbocycles. The maximum absolute atomic E-state index is 12.2. The molecule has 0 spiro atoms. The Hall–Kier alpha value is -1.59. The molecular formula is C16H22N2O3. The fourth-order valence-electron chi connectivity index (χ4n) is 2.84. The molecule has 1 aromatic carbocycles. The van der Waals surface area contributed by atoms with Gasteiger partial charge in [-0.1, -0.05) is 18.2 Å². The molecule has 1 saturated heterocycles. The average Bonchev–Trinajstić information content (AvgIpc) is 2.97. The van der Waals surface area contributed by atoms with E-state index in [1.165, 1.54) is 0 Å². The molecule has 1 amide bonds. The lowest BCUT2D eigenvalue weighted by Gasteiger charge is -2.32. The van der Waals surface area contributed by atoms with Crippen molar-refractivity contribution >= 4 is 5.91 Å². The lowest BCUT2D eigenvalue weighted by molar-refractivity contribution is -0.127. The predicted molar refractivity (Wildman–Crippen MR) is 79.4 cm³/mol. The van der Waals surface area contributed by atoms with Gasteiger partial charge in [0.1, 0.15) is 5.75 Å². The molecule has 2 unspecified atom stereocenters. The maximum atomic E-state index is 12.2. The lowest BCUT2D eigenvalue weighted by Crippen LogP contribution is -2.49. The van der Waals surface area contributed by atoms with Crippen molar-refractivity contribution in [2.45, 2.75) is 25.5 Å². The second-order valence-electron chi connectivity index (χ2n) is 5.66. The van der Waals surface area contributed by atoms with Crippen molar-refractivity contribution < 1.29 is 14.3 Å². The van der Waals surface area contributed by atoms with Crippen LogP contribution in [0.15, 0.2) is 24.3 Å². The minimum absolute atomic E-state index is 0.0219. The SMILES string of the molecule is CC(CNC(=O)C1Cc2ccccc2O1)N1CCOCC1. The molecule has 3 rings (SSSR count). The van der Waals surface area contributed by atoms with E-state index >= 15 is 0 Å². The summed E-state index contributed by atoms with van der Waals surface area (Å²) in [6, 6.07) is 8.15. The number of para-hydroxylation sites is 1. The maximum Gasteiger partial charge on any atom is 0.261 e. The van der Waals surface area contributed by atoms with Crippen LogP contribution in [0.4, 0.5) is 0 Å². The third-order valence-corrected chi connectivity index (χ3v) is 4.18. The number of fused-ring (bicyclic) bond motifs is 1. The molecule has 2 heterocycles. The van der Waals surface area contributed by atoms with Gasteiger partial charge in [0.2, 0.25) is 0 Å². The first-order valence-electron chi connectivity index (χ1n) is 7.58. The number of hydrogen-bond donors (Lipinski definition) is 1. The number of carbonyl (C=O) groups excluding carboxylic acids is 1. The zero-order valence-corrected chi connectivity index (χ0v) is 12.4. The highest BCUT2D eigenvalue weighted by molar-refractivity contribution is 5.82. The van der Waals surface area contributed by atoms with Gasteiger partial charge in [-0.25, -0.2) is 0 Å².